The smallest absolute Gasteiger partial charge is 0.303 e. The van der Waals surface area contributed by atoms with Crippen molar-refractivity contribution in [3.8, 4) is 0 Å². The van der Waals surface area contributed by atoms with Crippen LogP contribution in [0.2, 0.25) is 5.15 Å². The molecule has 5 nitrogen and oxygen atoms in total. The Morgan fingerprint density at radius 3 is 2.74 bits per heavy atom. The summed E-state index contributed by atoms with van der Waals surface area (Å²) in [4.78, 5) is 26.6. The standard InChI is InChI=1S/C13H15ClN2O3/c14-11-9(3-1-6-15-11)12(19)16-8-13(4-2-5-13)7-10(17)18/h1,3,6H,2,4-5,7-8H2,(H,16,19)(H,17,18). The lowest BCUT2D eigenvalue weighted by Gasteiger charge is -2.40. The average Bonchev–Trinajstić information content (AvgIpc) is 2.32. The number of hydrogen-bond donors (Lipinski definition) is 2. The van der Waals surface area contributed by atoms with Crippen LogP contribution >= 0.6 is 11.6 Å². The Balaban J connectivity index is 1.97. The summed E-state index contributed by atoms with van der Waals surface area (Å²) < 4.78 is 0. The highest BCUT2D eigenvalue weighted by molar-refractivity contribution is 6.32. The third kappa shape index (κ3) is 3.23. The van der Waals surface area contributed by atoms with Crippen LogP contribution in [0.4, 0.5) is 0 Å². The SMILES string of the molecule is O=C(O)CC1(CNC(=O)c2cccnc2Cl)CCC1. The predicted molar refractivity (Wildman–Crippen MR) is 70.1 cm³/mol. The third-order valence-corrected chi connectivity index (χ3v) is 3.87. The van der Waals surface area contributed by atoms with E-state index in [-0.39, 0.29) is 22.9 Å². The number of pyridine rings is 1. The number of halogens is 1. The first-order valence-corrected chi connectivity index (χ1v) is 6.51. The largest absolute Gasteiger partial charge is 0.481 e. The fraction of sp³-hybridized carbons (Fsp3) is 0.462. The van der Waals surface area contributed by atoms with E-state index in [1.165, 1.54) is 6.20 Å². The zero-order valence-corrected chi connectivity index (χ0v) is 11.1. The Morgan fingerprint density at radius 2 is 2.21 bits per heavy atom. The summed E-state index contributed by atoms with van der Waals surface area (Å²) in [5.41, 5.74) is 0.0184. The Kier molecular flexibility index (Phi) is 4.04. The van der Waals surface area contributed by atoms with Gasteiger partial charge in [0.25, 0.3) is 5.91 Å². The molecule has 1 heterocycles. The second-order valence-corrected chi connectivity index (χ2v) is 5.31. The molecule has 6 heteroatoms. The van der Waals surface area contributed by atoms with Crippen LogP contribution in [0.1, 0.15) is 36.0 Å². The predicted octanol–water partition coefficient (Wildman–Crippen LogP) is 2.11. The van der Waals surface area contributed by atoms with E-state index in [0.717, 1.165) is 19.3 Å². The summed E-state index contributed by atoms with van der Waals surface area (Å²) in [6.45, 7) is 0.364. The van der Waals surface area contributed by atoms with Gasteiger partial charge in [-0.15, -0.1) is 0 Å². The van der Waals surface area contributed by atoms with Crippen molar-refractivity contribution < 1.29 is 14.7 Å². The Bertz CT molecular complexity index is 500. The number of hydrogen-bond acceptors (Lipinski definition) is 3. The van der Waals surface area contributed by atoms with Gasteiger partial charge in [-0.3, -0.25) is 9.59 Å². The molecule has 0 atom stereocenters. The minimum absolute atomic E-state index is 0.0913. The molecule has 0 spiro atoms. The lowest BCUT2D eigenvalue weighted by Crippen LogP contribution is -2.43. The summed E-state index contributed by atoms with van der Waals surface area (Å²) in [5, 5.41) is 11.8. The van der Waals surface area contributed by atoms with Crippen molar-refractivity contribution in [2.45, 2.75) is 25.7 Å². The first-order valence-electron chi connectivity index (χ1n) is 6.13. The number of carboxylic acid groups (broad SMARTS) is 1. The van der Waals surface area contributed by atoms with E-state index in [0.29, 0.717) is 12.1 Å². The number of carboxylic acids is 1. The Hall–Kier alpha value is -1.62. The molecule has 0 bridgehead atoms. The van der Waals surface area contributed by atoms with E-state index >= 15 is 0 Å². The van der Waals surface area contributed by atoms with Crippen LogP contribution < -0.4 is 5.32 Å². The van der Waals surface area contributed by atoms with Gasteiger partial charge in [-0.2, -0.15) is 0 Å². The van der Waals surface area contributed by atoms with Crippen LogP contribution in [0.25, 0.3) is 0 Å². The summed E-state index contributed by atoms with van der Waals surface area (Å²) in [6, 6.07) is 3.23. The van der Waals surface area contributed by atoms with Crippen LogP contribution in [0.15, 0.2) is 18.3 Å². The number of amides is 1. The first-order chi connectivity index (χ1) is 9.02. The van der Waals surface area contributed by atoms with Gasteiger partial charge in [0.1, 0.15) is 5.15 Å². The van der Waals surface area contributed by atoms with Crippen LogP contribution in [0.5, 0.6) is 0 Å². The molecule has 1 aromatic rings. The average molecular weight is 283 g/mol. The second-order valence-electron chi connectivity index (χ2n) is 4.95. The maximum absolute atomic E-state index is 12.0. The molecule has 0 radical (unpaired) electrons. The van der Waals surface area contributed by atoms with E-state index in [4.69, 9.17) is 16.7 Å². The molecule has 1 fully saturated rings. The van der Waals surface area contributed by atoms with Crippen molar-refractivity contribution in [3.63, 3.8) is 0 Å². The van der Waals surface area contributed by atoms with Crippen LogP contribution in [-0.2, 0) is 4.79 Å². The Morgan fingerprint density at radius 1 is 1.47 bits per heavy atom. The molecule has 1 aliphatic rings. The maximum atomic E-state index is 12.0. The molecular weight excluding hydrogens is 268 g/mol. The van der Waals surface area contributed by atoms with Gasteiger partial charge in [-0.05, 0) is 30.4 Å². The highest BCUT2D eigenvalue weighted by Gasteiger charge is 2.39. The van der Waals surface area contributed by atoms with Gasteiger partial charge >= 0.3 is 5.97 Å². The number of carbonyl (C=O) groups excluding carboxylic acids is 1. The van der Waals surface area contributed by atoms with Crippen molar-refractivity contribution in [2.75, 3.05) is 6.54 Å². The monoisotopic (exact) mass is 282 g/mol. The van der Waals surface area contributed by atoms with E-state index in [1.807, 2.05) is 0 Å². The van der Waals surface area contributed by atoms with Crippen LogP contribution in [-0.4, -0.2) is 28.5 Å². The highest BCUT2D eigenvalue weighted by atomic mass is 35.5. The van der Waals surface area contributed by atoms with Gasteiger partial charge in [-0.1, -0.05) is 18.0 Å². The topological polar surface area (TPSA) is 79.3 Å². The third-order valence-electron chi connectivity index (χ3n) is 3.57. The Labute approximate surface area is 116 Å². The quantitative estimate of drug-likeness (QED) is 0.811. The molecule has 0 saturated heterocycles. The van der Waals surface area contributed by atoms with Crippen molar-refractivity contribution in [1.29, 1.82) is 0 Å². The summed E-state index contributed by atoms with van der Waals surface area (Å²) in [5.74, 6) is -1.14. The molecule has 1 aromatic heterocycles. The van der Waals surface area contributed by atoms with Gasteiger partial charge in [0.2, 0.25) is 0 Å². The maximum Gasteiger partial charge on any atom is 0.303 e. The van der Waals surface area contributed by atoms with Crippen molar-refractivity contribution in [2.24, 2.45) is 5.41 Å². The molecule has 1 aliphatic carbocycles. The van der Waals surface area contributed by atoms with Gasteiger partial charge < -0.3 is 10.4 Å². The molecule has 102 valence electrons. The number of nitrogens with one attached hydrogen (secondary N) is 1. The lowest BCUT2D eigenvalue weighted by atomic mass is 9.66. The van der Waals surface area contributed by atoms with Crippen molar-refractivity contribution in [3.05, 3.63) is 29.0 Å². The minimum Gasteiger partial charge on any atom is -0.481 e. The fourth-order valence-corrected chi connectivity index (χ4v) is 2.54. The molecule has 0 unspecified atom stereocenters. The number of carbonyl (C=O) groups is 2. The van der Waals surface area contributed by atoms with E-state index in [2.05, 4.69) is 10.3 Å². The summed E-state index contributed by atoms with van der Waals surface area (Å²) in [6.07, 6.45) is 4.28. The lowest BCUT2D eigenvalue weighted by molar-refractivity contribution is -0.141. The molecule has 19 heavy (non-hydrogen) atoms. The first kappa shape index (κ1) is 13.8. The minimum atomic E-state index is -0.826. The summed E-state index contributed by atoms with van der Waals surface area (Å²) >= 11 is 5.84. The number of nitrogens with zero attached hydrogens (tertiary/aromatic N) is 1. The molecule has 0 aromatic carbocycles. The molecule has 1 amide bonds. The number of aromatic nitrogens is 1. The van der Waals surface area contributed by atoms with E-state index in [9.17, 15) is 9.59 Å². The molecule has 2 rings (SSSR count). The normalized spacial score (nSPS) is 16.5. The molecular formula is C13H15ClN2O3. The summed E-state index contributed by atoms with van der Waals surface area (Å²) in [7, 11) is 0. The fourth-order valence-electron chi connectivity index (χ4n) is 2.33. The van der Waals surface area contributed by atoms with Gasteiger partial charge in [0.05, 0.1) is 12.0 Å². The van der Waals surface area contributed by atoms with Crippen molar-refractivity contribution >= 4 is 23.5 Å². The van der Waals surface area contributed by atoms with Gasteiger partial charge in [-0.25, -0.2) is 4.98 Å². The van der Waals surface area contributed by atoms with Gasteiger partial charge in [0, 0.05) is 12.7 Å². The molecule has 1 saturated carbocycles. The van der Waals surface area contributed by atoms with Crippen LogP contribution in [0.3, 0.4) is 0 Å². The molecule has 2 N–H and O–H groups in total. The zero-order chi connectivity index (χ0) is 13.9. The van der Waals surface area contributed by atoms with Gasteiger partial charge in [0.15, 0.2) is 0 Å². The number of aliphatic carboxylic acids is 1. The van der Waals surface area contributed by atoms with Crippen LogP contribution in [0, 0.1) is 5.41 Å². The molecule has 0 aliphatic heterocycles. The van der Waals surface area contributed by atoms with E-state index in [1.54, 1.807) is 12.1 Å². The van der Waals surface area contributed by atoms with Crippen molar-refractivity contribution in [1.82, 2.24) is 10.3 Å². The second kappa shape index (κ2) is 5.57. The number of rotatable bonds is 5. The van der Waals surface area contributed by atoms with E-state index < -0.39 is 5.97 Å². The highest BCUT2D eigenvalue weighted by Crippen LogP contribution is 2.43. The zero-order valence-electron chi connectivity index (χ0n) is 10.4.